The largest absolute Gasteiger partial charge is 0.466 e. The van der Waals surface area contributed by atoms with Crippen molar-refractivity contribution in [1.82, 2.24) is 4.98 Å². The number of pyridine rings is 1. The summed E-state index contributed by atoms with van der Waals surface area (Å²) in [4.78, 5) is 45.7. The Hall–Kier alpha value is -6.14. The Bertz CT molecular complexity index is 2130. The van der Waals surface area contributed by atoms with E-state index in [9.17, 15) is 19.6 Å². The summed E-state index contributed by atoms with van der Waals surface area (Å²) >= 11 is 0. The Morgan fingerprint density at radius 2 is 1.43 bits per heavy atom. The van der Waals surface area contributed by atoms with Crippen LogP contribution in [-0.4, -0.2) is 31.1 Å². The molecule has 0 radical (unpaired) electrons. The number of nitrogens with two attached hydrogens (primary N) is 1. The van der Waals surface area contributed by atoms with Crippen molar-refractivity contribution in [3.63, 3.8) is 0 Å². The van der Waals surface area contributed by atoms with E-state index in [1.54, 1.807) is 54.6 Å². The number of nitrogens with zero attached hydrogens (tertiary/aromatic N) is 2. The molecular weight excluding hydrogens is 556 g/mol. The van der Waals surface area contributed by atoms with E-state index in [0.29, 0.717) is 27.4 Å². The summed E-state index contributed by atoms with van der Waals surface area (Å²) in [7, 11) is 2.38. The van der Waals surface area contributed by atoms with Crippen LogP contribution in [0.3, 0.4) is 0 Å². The third-order valence-electron chi connectivity index (χ3n) is 7.78. The maximum Gasteiger partial charge on any atom is 0.355 e. The second-order valence-electron chi connectivity index (χ2n) is 10.1. The van der Waals surface area contributed by atoms with E-state index in [1.807, 2.05) is 42.5 Å². The SMILES string of the molecule is COC(=O)C1=C(C(=O)OC)N(c2cccc3c(=O)c4cccc(-c5ccccc5)c4[nH]c23)C(N)=C(C#N)C1c1ccccc1. The first-order valence-corrected chi connectivity index (χ1v) is 13.7. The van der Waals surface area contributed by atoms with E-state index < -0.39 is 17.9 Å². The normalized spacial score (nSPS) is 14.9. The van der Waals surface area contributed by atoms with Gasteiger partial charge in [0, 0.05) is 16.3 Å². The number of carbonyl (C=O) groups is 2. The first-order chi connectivity index (χ1) is 21.4. The zero-order chi connectivity index (χ0) is 31.0. The molecule has 1 aliphatic heterocycles. The van der Waals surface area contributed by atoms with Crippen molar-refractivity contribution in [3.8, 4) is 17.2 Å². The maximum atomic E-state index is 13.9. The molecule has 44 heavy (non-hydrogen) atoms. The van der Waals surface area contributed by atoms with Crippen molar-refractivity contribution in [2.45, 2.75) is 5.92 Å². The molecule has 9 heteroatoms. The van der Waals surface area contributed by atoms with Crippen molar-refractivity contribution in [2.24, 2.45) is 5.73 Å². The van der Waals surface area contributed by atoms with Crippen LogP contribution in [0.5, 0.6) is 0 Å². The lowest BCUT2D eigenvalue weighted by molar-refractivity contribution is -0.139. The minimum absolute atomic E-state index is 0.0226. The van der Waals surface area contributed by atoms with E-state index in [-0.39, 0.29) is 33.8 Å². The number of methoxy groups -OCH3 is 2. The van der Waals surface area contributed by atoms with Crippen LogP contribution < -0.4 is 16.1 Å². The van der Waals surface area contributed by atoms with Gasteiger partial charge in [-0.2, -0.15) is 5.26 Å². The second kappa shape index (κ2) is 11.3. The number of nitrogens with one attached hydrogen (secondary N) is 1. The van der Waals surface area contributed by atoms with Crippen LogP contribution in [0.2, 0.25) is 0 Å². The second-order valence-corrected chi connectivity index (χ2v) is 10.1. The molecule has 0 saturated heterocycles. The molecule has 5 aromatic rings. The molecule has 1 aliphatic rings. The zero-order valence-electron chi connectivity index (χ0n) is 23.8. The van der Waals surface area contributed by atoms with Crippen LogP contribution in [0.4, 0.5) is 5.69 Å². The average molecular weight is 583 g/mol. The average Bonchev–Trinajstić information content (AvgIpc) is 3.07. The number of H-pyrrole nitrogens is 1. The zero-order valence-corrected chi connectivity index (χ0v) is 23.8. The number of allylic oxidation sites excluding steroid dienone is 1. The molecule has 1 unspecified atom stereocenters. The molecule has 4 aromatic carbocycles. The number of hydrogen-bond acceptors (Lipinski definition) is 8. The highest BCUT2D eigenvalue weighted by Gasteiger charge is 2.43. The smallest absolute Gasteiger partial charge is 0.355 e. The maximum absolute atomic E-state index is 13.9. The molecule has 1 aromatic heterocycles. The van der Waals surface area contributed by atoms with Gasteiger partial charge in [0.05, 0.1) is 54.1 Å². The van der Waals surface area contributed by atoms with E-state index in [0.717, 1.165) is 11.1 Å². The molecule has 0 amide bonds. The van der Waals surface area contributed by atoms with E-state index in [4.69, 9.17) is 15.2 Å². The summed E-state index contributed by atoms with van der Waals surface area (Å²) in [6, 6.07) is 31.0. The topological polar surface area (TPSA) is 139 Å². The first-order valence-electron chi connectivity index (χ1n) is 13.7. The highest BCUT2D eigenvalue weighted by molar-refractivity contribution is 6.10. The summed E-state index contributed by atoms with van der Waals surface area (Å²) < 4.78 is 10.3. The van der Waals surface area contributed by atoms with Gasteiger partial charge < -0.3 is 20.2 Å². The quantitative estimate of drug-likeness (QED) is 0.212. The van der Waals surface area contributed by atoms with Gasteiger partial charge in [-0.25, -0.2) is 9.59 Å². The molecule has 0 spiro atoms. The Balaban J connectivity index is 1.73. The molecule has 6 rings (SSSR count). The predicted molar refractivity (Wildman–Crippen MR) is 167 cm³/mol. The van der Waals surface area contributed by atoms with Crippen LogP contribution in [0.15, 0.2) is 125 Å². The lowest BCUT2D eigenvalue weighted by Crippen LogP contribution is -2.41. The fourth-order valence-corrected chi connectivity index (χ4v) is 5.82. The van der Waals surface area contributed by atoms with E-state index in [2.05, 4.69) is 11.1 Å². The molecule has 9 nitrogen and oxygen atoms in total. The predicted octanol–water partition coefficient (Wildman–Crippen LogP) is 5.25. The molecule has 1 atom stereocenters. The molecule has 2 heterocycles. The standard InChI is InChI=1S/C35H26N4O5/c1-43-34(41)28-27(21-13-7-4-8-14-21)25(19-36)33(37)39(31(28)35(42)44-2)26-18-10-17-24-30(26)38-29-22(20-11-5-3-6-12-20)15-9-16-23(29)32(24)40/h3-18,27H,37H2,1-2H3,(H,38,40). The third kappa shape index (κ3) is 4.37. The third-order valence-corrected chi connectivity index (χ3v) is 7.78. The number of carbonyl (C=O) groups excluding carboxylic acids is 2. The number of aromatic amines is 1. The van der Waals surface area contributed by atoms with Gasteiger partial charge in [-0.1, -0.05) is 78.9 Å². The van der Waals surface area contributed by atoms with Crippen molar-refractivity contribution in [1.29, 1.82) is 5.26 Å². The van der Waals surface area contributed by atoms with Gasteiger partial charge in [0.25, 0.3) is 0 Å². The Kier molecular flexibility index (Phi) is 7.17. The van der Waals surface area contributed by atoms with Gasteiger partial charge in [0.15, 0.2) is 5.43 Å². The van der Waals surface area contributed by atoms with Gasteiger partial charge in [0.2, 0.25) is 0 Å². The number of anilines is 1. The lowest BCUT2D eigenvalue weighted by atomic mass is 9.81. The number of rotatable bonds is 5. The summed E-state index contributed by atoms with van der Waals surface area (Å²) in [5.74, 6) is -2.83. The van der Waals surface area contributed by atoms with Crippen LogP contribution in [-0.2, 0) is 19.1 Å². The minimum atomic E-state index is -1.02. The van der Waals surface area contributed by atoms with Crippen molar-refractivity contribution in [3.05, 3.63) is 136 Å². The van der Waals surface area contributed by atoms with Crippen LogP contribution >= 0.6 is 0 Å². The van der Waals surface area contributed by atoms with Crippen molar-refractivity contribution in [2.75, 3.05) is 19.1 Å². The van der Waals surface area contributed by atoms with Crippen LogP contribution in [0, 0.1) is 11.3 Å². The summed E-state index contributed by atoms with van der Waals surface area (Å²) in [6.07, 6.45) is 0. The van der Waals surface area contributed by atoms with Crippen LogP contribution in [0.1, 0.15) is 11.5 Å². The van der Waals surface area contributed by atoms with Gasteiger partial charge in [-0.3, -0.25) is 9.69 Å². The fourth-order valence-electron chi connectivity index (χ4n) is 5.82. The number of para-hydroxylation sites is 2. The van der Waals surface area contributed by atoms with Gasteiger partial charge in [-0.05, 0) is 29.3 Å². The number of nitriles is 1. The lowest BCUT2D eigenvalue weighted by Gasteiger charge is -2.36. The number of aromatic nitrogens is 1. The van der Waals surface area contributed by atoms with E-state index in [1.165, 1.54) is 19.1 Å². The molecule has 0 fully saturated rings. The summed E-state index contributed by atoms with van der Waals surface area (Å²) in [5.41, 5.74) is 9.59. The number of ether oxygens (including phenoxy) is 2. The van der Waals surface area contributed by atoms with Crippen LogP contribution in [0.25, 0.3) is 32.9 Å². The Morgan fingerprint density at radius 3 is 2.07 bits per heavy atom. The highest BCUT2D eigenvalue weighted by atomic mass is 16.5. The molecule has 0 aliphatic carbocycles. The fraction of sp³-hybridized carbons (Fsp3) is 0.0857. The molecule has 0 bridgehead atoms. The van der Waals surface area contributed by atoms with Gasteiger partial charge >= 0.3 is 11.9 Å². The van der Waals surface area contributed by atoms with Gasteiger partial charge in [-0.15, -0.1) is 0 Å². The number of fused-ring (bicyclic) bond motifs is 2. The Labute approximate surface area is 252 Å². The van der Waals surface area contributed by atoms with Crippen molar-refractivity contribution >= 4 is 39.4 Å². The number of hydrogen-bond donors (Lipinski definition) is 2. The summed E-state index contributed by atoms with van der Waals surface area (Å²) in [5, 5.41) is 11.2. The van der Waals surface area contributed by atoms with Crippen molar-refractivity contribution < 1.29 is 19.1 Å². The minimum Gasteiger partial charge on any atom is -0.466 e. The molecular formula is C35H26N4O5. The van der Waals surface area contributed by atoms with Gasteiger partial charge in [0.1, 0.15) is 11.5 Å². The number of benzene rings is 4. The Morgan fingerprint density at radius 1 is 0.818 bits per heavy atom. The monoisotopic (exact) mass is 582 g/mol. The number of esters is 2. The molecule has 3 N–H and O–H groups in total. The molecule has 0 saturated carbocycles. The summed E-state index contributed by atoms with van der Waals surface area (Å²) in [6.45, 7) is 0. The molecule has 216 valence electrons. The highest BCUT2D eigenvalue weighted by Crippen LogP contribution is 2.44. The first kappa shape index (κ1) is 28.0. The van der Waals surface area contributed by atoms with E-state index >= 15 is 0 Å².